The molecule has 60 valence electrons. The molecule has 0 fully saturated rings. The summed E-state index contributed by atoms with van der Waals surface area (Å²) in [5, 5.41) is 3.71. The number of hydrogen-bond donors (Lipinski definition) is 1. The molecule has 3 heteroatoms. The molecule has 0 aliphatic heterocycles. The first kappa shape index (κ1) is 10.0. The van der Waals surface area contributed by atoms with E-state index >= 15 is 0 Å². The first-order valence-corrected chi connectivity index (χ1v) is 7.69. The van der Waals surface area contributed by atoms with Gasteiger partial charge in [0.05, 0.1) is 0 Å². The number of carbonyl (C=O) groups is 1. The van der Waals surface area contributed by atoms with Gasteiger partial charge in [-0.1, -0.05) is 0 Å². The minimum atomic E-state index is -0.611. The van der Waals surface area contributed by atoms with E-state index in [1.165, 1.54) is 10.4 Å². The van der Waals surface area contributed by atoms with E-state index < -0.39 is 14.7 Å². The van der Waals surface area contributed by atoms with Crippen LogP contribution in [0.4, 0.5) is 0 Å². The maximum absolute atomic E-state index is 10.4. The third kappa shape index (κ3) is 4.87. The fourth-order valence-electron chi connectivity index (χ4n) is 0.808. The first-order chi connectivity index (χ1) is 4.70. The Morgan fingerprint density at radius 3 is 2.20 bits per heavy atom. The van der Waals surface area contributed by atoms with Crippen molar-refractivity contribution < 1.29 is 4.79 Å². The summed E-state index contributed by atoms with van der Waals surface area (Å²) in [6, 6.07) is 0. The Balaban J connectivity index is 3.34. The van der Waals surface area contributed by atoms with Gasteiger partial charge < -0.3 is 0 Å². The molecule has 0 atom stereocenters. The quantitative estimate of drug-likeness (QED) is 0.677. The van der Waals surface area contributed by atoms with E-state index in [-0.39, 0.29) is 5.91 Å². The number of amides is 1. The van der Waals surface area contributed by atoms with Crippen molar-refractivity contribution in [3.05, 3.63) is 0 Å². The first-order valence-electron chi connectivity index (χ1n) is 3.71. The maximum atomic E-state index is 10.4. The topological polar surface area (TPSA) is 43.1 Å². The van der Waals surface area contributed by atoms with Crippen LogP contribution in [-0.2, 0) is 4.79 Å². The van der Waals surface area contributed by atoms with Gasteiger partial charge in [0.15, 0.2) is 0 Å². The van der Waals surface area contributed by atoms with Crippen LogP contribution >= 0.6 is 0 Å². The van der Waals surface area contributed by atoms with E-state index in [0.29, 0.717) is 6.42 Å². The van der Waals surface area contributed by atoms with Crippen LogP contribution in [0.5, 0.6) is 0 Å². The van der Waals surface area contributed by atoms with Gasteiger partial charge in [0.25, 0.3) is 0 Å². The summed E-state index contributed by atoms with van der Waals surface area (Å²) < 4.78 is 0. The van der Waals surface area contributed by atoms with Crippen molar-refractivity contribution in [1.29, 1.82) is 0 Å². The molecule has 2 nitrogen and oxygen atoms in total. The molecule has 2 N–H and O–H groups in total. The zero-order chi connectivity index (χ0) is 7.98. The Kier molecular flexibility index (Phi) is 5.80. The second kappa shape index (κ2) is 5.79. The zero-order valence-corrected chi connectivity index (χ0v) is 8.64. The van der Waals surface area contributed by atoms with E-state index in [1.807, 2.05) is 0 Å². The molecule has 0 saturated heterocycles. The Bertz CT molecular complexity index is 102. The molecular formula is C7H16AsNO. The summed E-state index contributed by atoms with van der Waals surface area (Å²) in [7, 11) is 0. The predicted octanol–water partition coefficient (Wildman–Crippen LogP) is 1.40. The van der Waals surface area contributed by atoms with Crippen molar-refractivity contribution in [2.75, 3.05) is 0 Å². The van der Waals surface area contributed by atoms with Crippen molar-refractivity contribution in [3.8, 4) is 0 Å². The van der Waals surface area contributed by atoms with E-state index in [4.69, 9.17) is 5.73 Å². The second-order valence-corrected chi connectivity index (χ2v) is 8.65. The molecule has 0 aromatic rings. The minimum absolute atomic E-state index is 0.138. The third-order valence-electron chi connectivity index (χ3n) is 1.57. The molecule has 1 amide bonds. The molecule has 0 unspecified atom stereocenters. The molecule has 10 heavy (non-hydrogen) atoms. The van der Waals surface area contributed by atoms with Gasteiger partial charge in [-0.05, 0) is 0 Å². The van der Waals surface area contributed by atoms with Crippen LogP contribution in [0.1, 0.15) is 20.3 Å². The van der Waals surface area contributed by atoms with Crippen LogP contribution in [0.15, 0.2) is 0 Å². The number of hydrogen-bond acceptors (Lipinski definition) is 1. The molecule has 0 spiro atoms. The van der Waals surface area contributed by atoms with Crippen LogP contribution in [-0.4, -0.2) is 20.6 Å². The van der Waals surface area contributed by atoms with E-state index in [1.54, 1.807) is 0 Å². The van der Waals surface area contributed by atoms with Gasteiger partial charge in [0.2, 0.25) is 0 Å². The van der Waals surface area contributed by atoms with Crippen molar-refractivity contribution in [2.45, 2.75) is 35.9 Å². The molecule has 0 aliphatic carbocycles. The molecule has 0 aliphatic rings. The summed E-state index contributed by atoms with van der Waals surface area (Å²) in [4.78, 5) is 10.4. The standard InChI is InChI=1S/C7H16AsNO/c1-3-8(4-2)6-5-7(9)10/h3-6H2,1-2H3,(H2,9,10). The summed E-state index contributed by atoms with van der Waals surface area (Å²) in [5.41, 5.74) is 5.03. The fourth-order valence-corrected chi connectivity index (χ4v) is 4.20. The zero-order valence-electron chi connectivity index (χ0n) is 6.76. The Morgan fingerprint density at radius 1 is 1.40 bits per heavy atom. The summed E-state index contributed by atoms with van der Waals surface area (Å²) in [5.74, 6) is -0.138. The van der Waals surface area contributed by atoms with Gasteiger partial charge in [-0.2, -0.15) is 0 Å². The molecule has 0 bridgehead atoms. The number of carbonyl (C=O) groups excluding carboxylic acids is 1. The van der Waals surface area contributed by atoms with Gasteiger partial charge in [-0.15, -0.1) is 0 Å². The van der Waals surface area contributed by atoms with Gasteiger partial charge in [0.1, 0.15) is 0 Å². The monoisotopic (exact) mass is 205 g/mol. The van der Waals surface area contributed by atoms with Crippen LogP contribution < -0.4 is 5.73 Å². The normalized spacial score (nSPS) is 10.3. The van der Waals surface area contributed by atoms with Crippen LogP contribution in [0.25, 0.3) is 0 Å². The molecule has 0 radical (unpaired) electrons. The molecular weight excluding hydrogens is 189 g/mol. The van der Waals surface area contributed by atoms with E-state index in [0.717, 1.165) is 5.21 Å². The van der Waals surface area contributed by atoms with Gasteiger partial charge in [-0.25, -0.2) is 0 Å². The summed E-state index contributed by atoms with van der Waals surface area (Å²) in [6.45, 7) is 4.43. The van der Waals surface area contributed by atoms with E-state index in [2.05, 4.69) is 13.8 Å². The molecule has 0 aromatic carbocycles. The molecule has 0 saturated carbocycles. The van der Waals surface area contributed by atoms with Crippen LogP contribution in [0.2, 0.25) is 15.6 Å². The Morgan fingerprint density at radius 2 is 1.90 bits per heavy atom. The van der Waals surface area contributed by atoms with Gasteiger partial charge in [-0.3, -0.25) is 0 Å². The Labute approximate surface area is 67.4 Å². The average molecular weight is 205 g/mol. The second-order valence-electron chi connectivity index (χ2n) is 2.24. The predicted molar refractivity (Wildman–Crippen MR) is 45.3 cm³/mol. The van der Waals surface area contributed by atoms with Crippen LogP contribution in [0, 0.1) is 0 Å². The average Bonchev–Trinajstić information content (AvgIpc) is 1.90. The van der Waals surface area contributed by atoms with E-state index in [9.17, 15) is 4.79 Å². The number of primary amides is 1. The molecule has 0 heterocycles. The van der Waals surface area contributed by atoms with Gasteiger partial charge in [0, 0.05) is 0 Å². The summed E-state index contributed by atoms with van der Waals surface area (Å²) >= 11 is -0.611. The van der Waals surface area contributed by atoms with Crippen molar-refractivity contribution in [3.63, 3.8) is 0 Å². The number of rotatable bonds is 5. The Hall–Kier alpha value is 0.0284. The van der Waals surface area contributed by atoms with Crippen molar-refractivity contribution >= 4 is 20.6 Å². The molecule has 0 aromatic heterocycles. The molecule has 0 rings (SSSR count). The SMILES string of the molecule is CC[As](CC)CCC(N)=O. The summed E-state index contributed by atoms with van der Waals surface area (Å²) in [6.07, 6.45) is 0.613. The number of nitrogens with two attached hydrogens (primary N) is 1. The fraction of sp³-hybridized carbons (Fsp3) is 0.857. The van der Waals surface area contributed by atoms with Gasteiger partial charge >= 0.3 is 67.0 Å². The van der Waals surface area contributed by atoms with Crippen LogP contribution in [0.3, 0.4) is 0 Å². The third-order valence-corrected chi connectivity index (χ3v) is 7.12. The van der Waals surface area contributed by atoms with Crippen molar-refractivity contribution in [2.24, 2.45) is 5.73 Å². The van der Waals surface area contributed by atoms with Crippen molar-refractivity contribution in [1.82, 2.24) is 0 Å².